The maximum Gasteiger partial charge on any atom is 0.272 e. The van der Waals surface area contributed by atoms with Crippen LogP contribution in [0.25, 0.3) is 16.7 Å². The number of nitrogens with one attached hydrogen (secondary N) is 2. The molecule has 1 atom stereocenters. The van der Waals surface area contributed by atoms with E-state index in [9.17, 15) is 9.18 Å². The van der Waals surface area contributed by atoms with Crippen LogP contribution in [0.4, 0.5) is 4.39 Å². The predicted octanol–water partition coefficient (Wildman–Crippen LogP) is 1.84. The summed E-state index contributed by atoms with van der Waals surface area (Å²) >= 11 is 0. The van der Waals surface area contributed by atoms with Crippen molar-refractivity contribution in [1.82, 2.24) is 30.2 Å². The number of hydrogen-bond acceptors (Lipinski definition) is 7. The largest absolute Gasteiger partial charge is 0.404 e. The Balaban J connectivity index is 1.53. The molecule has 1 aliphatic rings. The van der Waals surface area contributed by atoms with Crippen molar-refractivity contribution in [2.75, 3.05) is 27.2 Å². The summed E-state index contributed by atoms with van der Waals surface area (Å²) in [6.07, 6.45) is 5.23. The number of hydrogen-bond donors (Lipinski definition) is 3. The van der Waals surface area contributed by atoms with Crippen LogP contribution in [0, 0.1) is 5.82 Å². The summed E-state index contributed by atoms with van der Waals surface area (Å²) in [6, 6.07) is 4.48. The molecular formula is C22H25FN8O. The van der Waals surface area contributed by atoms with Crippen LogP contribution in [0.5, 0.6) is 0 Å². The van der Waals surface area contributed by atoms with Gasteiger partial charge in [0, 0.05) is 44.0 Å². The van der Waals surface area contributed by atoms with Crippen LogP contribution < -0.4 is 11.1 Å². The second kappa shape index (κ2) is 9.23. The number of likely N-dealkylation sites (tertiary alicyclic amines) is 1. The molecule has 0 bridgehead atoms. The molecular weight excluding hydrogens is 411 g/mol. The van der Waals surface area contributed by atoms with Crippen molar-refractivity contribution < 1.29 is 9.18 Å². The first-order valence-corrected chi connectivity index (χ1v) is 10.3. The van der Waals surface area contributed by atoms with Crippen molar-refractivity contribution in [3.63, 3.8) is 0 Å². The molecule has 3 heterocycles. The van der Waals surface area contributed by atoms with E-state index in [1.54, 1.807) is 19.3 Å². The molecule has 1 saturated heterocycles. The Morgan fingerprint density at radius 1 is 1.41 bits per heavy atom. The van der Waals surface area contributed by atoms with Gasteiger partial charge in [-0.3, -0.25) is 9.79 Å². The van der Waals surface area contributed by atoms with Gasteiger partial charge in [0.2, 0.25) is 0 Å². The molecule has 0 aliphatic carbocycles. The molecule has 1 amide bonds. The first-order valence-electron chi connectivity index (χ1n) is 10.3. The van der Waals surface area contributed by atoms with E-state index in [4.69, 9.17) is 5.73 Å². The SMILES string of the molecule is CN=CC(=CN)c1cc(F)cc(CNC(=O)c2ncnc3nc(C4CCN(C)C4)[nH]c23)c1. The molecule has 4 N–H and O–H groups in total. The molecule has 0 spiro atoms. The Kier molecular flexibility index (Phi) is 6.22. The minimum atomic E-state index is -0.431. The average Bonchev–Trinajstić information content (AvgIpc) is 3.41. The van der Waals surface area contributed by atoms with Gasteiger partial charge in [0.15, 0.2) is 11.3 Å². The Morgan fingerprint density at radius 2 is 2.25 bits per heavy atom. The highest BCUT2D eigenvalue weighted by atomic mass is 19.1. The van der Waals surface area contributed by atoms with Crippen LogP contribution in [-0.4, -0.2) is 64.1 Å². The molecule has 4 rings (SSSR count). The lowest BCUT2D eigenvalue weighted by molar-refractivity contribution is 0.0947. The molecule has 1 unspecified atom stereocenters. The van der Waals surface area contributed by atoms with Gasteiger partial charge in [-0.15, -0.1) is 0 Å². The highest BCUT2D eigenvalue weighted by Gasteiger charge is 2.25. The minimum Gasteiger partial charge on any atom is -0.404 e. The number of aromatic amines is 1. The molecule has 166 valence electrons. The van der Waals surface area contributed by atoms with Crippen LogP contribution in [0.2, 0.25) is 0 Å². The first kappa shape index (κ1) is 21.6. The number of allylic oxidation sites excluding steroid dienone is 1. The van der Waals surface area contributed by atoms with E-state index in [-0.39, 0.29) is 18.2 Å². The number of aliphatic imine (C=N–C) groups is 1. The molecule has 0 radical (unpaired) electrons. The molecule has 0 saturated carbocycles. The monoisotopic (exact) mass is 436 g/mol. The second-order valence-corrected chi connectivity index (χ2v) is 7.83. The van der Waals surface area contributed by atoms with Crippen LogP contribution >= 0.6 is 0 Å². The third kappa shape index (κ3) is 4.50. The summed E-state index contributed by atoms with van der Waals surface area (Å²) in [5.74, 6) is 0.256. The number of H-pyrrole nitrogens is 1. The van der Waals surface area contributed by atoms with Crippen molar-refractivity contribution >= 4 is 28.9 Å². The number of carbonyl (C=O) groups excluding carboxylic acids is 1. The van der Waals surface area contributed by atoms with Gasteiger partial charge < -0.3 is 20.9 Å². The number of benzene rings is 1. The highest BCUT2D eigenvalue weighted by molar-refractivity contribution is 6.09. The van der Waals surface area contributed by atoms with Crippen LogP contribution in [0.3, 0.4) is 0 Å². The molecule has 3 aromatic rings. The summed E-state index contributed by atoms with van der Waals surface area (Å²) < 4.78 is 14.1. The van der Waals surface area contributed by atoms with Crippen LogP contribution in [-0.2, 0) is 6.54 Å². The molecule has 32 heavy (non-hydrogen) atoms. The van der Waals surface area contributed by atoms with Crippen molar-refractivity contribution in [2.45, 2.75) is 18.9 Å². The smallest absolute Gasteiger partial charge is 0.272 e. The van der Waals surface area contributed by atoms with Gasteiger partial charge in [-0.05, 0) is 49.3 Å². The number of amides is 1. The van der Waals surface area contributed by atoms with E-state index in [1.807, 2.05) is 0 Å². The fourth-order valence-electron chi connectivity index (χ4n) is 3.91. The number of carbonyl (C=O) groups is 1. The molecule has 1 aliphatic heterocycles. The van der Waals surface area contributed by atoms with Crippen LogP contribution in [0.1, 0.15) is 39.8 Å². The van der Waals surface area contributed by atoms with Gasteiger partial charge in [0.05, 0.1) is 0 Å². The standard InChI is InChI=1S/C22H25FN8O/c1-25-10-16(8-24)15-5-13(6-17(23)7-15)9-26-22(32)19-18-21(28-12-27-19)30-20(29-18)14-3-4-31(2)11-14/h5-8,10,12,14H,3-4,9,11,24H2,1-2H3,(H,26,32)(H,27,28,29,30). The Labute approximate surface area is 184 Å². The molecule has 1 aromatic carbocycles. The lowest BCUT2D eigenvalue weighted by Gasteiger charge is -2.09. The summed E-state index contributed by atoms with van der Waals surface area (Å²) in [6.45, 7) is 2.02. The van der Waals surface area contributed by atoms with E-state index in [1.165, 1.54) is 24.7 Å². The van der Waals surface area contributed by atoms with Gasteiger partial charge in [-0.25, -0.2) is 19.3 Å². The van der Waals surface area contributed by atoms with E-state index >= 15 is 0 Å². The predicted molar refractivity (Wildman–Crippen MR) is 121 cm³/mol. The number of halogens is 1. The van der Waals surface area contributed by atoms with Crippen molar-refractivity contribution in [3.8, 4) is 0 Å². The topological polar surface area (TPSA) is 125 Å². The van der Waals surface area contributed by atoms with E-state index < -0.39 is 11.7 Å². The van der Waals surface area contributed by atoms with E-state index in [0.29, 0.717) is 27.9 Å². The van der Waals surface area contributed by atoms with Gasteiger partial charge in [0.1, 0.15) is 23.5 Å². The number of aromatic nitrogens is 4. The average molecular weight is 436 g/mol. The molecule has 10 heteroatoms. The van der Waals surface area contributed by atoms with E-state index in [0.717, 1.165) is 25.3 Å². The van der Waals surface area contributed by atoms with Crippen molar-refractivity contribution in [3.05, 3.63) is 59.2 Å². The summed E-state index contributed by atoms with van der Waals surface area (Å²) in [5.41, 5.74) is 8.53. The Morgan fingerprint density at radius 3 is 2.97 bits per heavy atom. The molecule has 1 fully saturated rings. The minimum absolute atomic E-state index is 0.116. The normalized spacial score (nSPS) is 17.5. The van der Waals surface area contributed by atoms with Crippen LogP contribution in [0.15, 0.2) is 35.7 Å². The first-order chi connectivity index (χ1) is 15.5. The number of imidazole rings is 1. The number of nitrogens with two attached hydrogens (primary N) is 1. The van der Waals surface area contributed by atoms with Gasteiger partial charge in [-0.1, -0.05) is 0 Å². The Bertz CT molecular complexity index is 1200. The number of fused-ring (bicyclic) bond motifs is 1. The lowest BCUT2D eigenvalue weighted by atomic mass is 10.0. The number of nitrogens with zero attached hydrogens (tertiary/aromatic N) is 5. The van der Waals surface area contributed by atoms with Gasteiger partial charge >= 0.3 is 0 Å². The number of rotatable bonds is 6. The van der Waals surface area contributed by atoms with Gasteiger partial charge in [-0.2, -0.15) is 0 Å². The van der Waals surface area contributed by atoms with E-state index in [2.05, 4.69) is 42.2 Å². The fourth-order valence-corrected chi connectivity index (χ4v) is 3.91. The lowest BCUT2D eigenvalue weighted by Crippen LogP contribution is -2.24. The summed E-state index contributed by atoms with van der Waals surface area (Å²) in [4.78, 5) is 35.2. The van der Waals surface area contributed by atoms with Crippen molar-refractivity contribution in [2.24, 2.45) is 10.7 Å². The highest BCUT2D eigenvalue weighted by Crippen LogP contribution is 2.26. The maximum atomic E-state index is 14.1. The van der Waals surface area contributed by atoms with Gasteiger partial charge in [0.25, 0.3) is 5.91 Å². The Hall–Kier alpha value is -3.66. The zero-order valence-electron chi connectivity index (χ0n) is 18.0. The summed E-state index contributed by atoms with van der Waals surface area (Å²) in [7, 11) is 3.68. The maximum absolute atomic E-state index is 14.1. The molecule has 2 aromatic heterocycles. The fraction of sp³-hybridized carbons (Fsp3) is 0.318. The number of likely N-dealkylation sites (N-methyl/N-ethyl adjacent to an activating group) is 1. The van der Waals surface area contributed by atoms with Crippen molar-refractivity contribution in [1.29, 1.82) is 0 Å². The second-order valence-electron chi connectivity index (χ2n) is 7.83. The third-order valence-electron chi connectivity index (χ3n) is 5.49. The quantitative estimate of drug-likeness (QED) is 0.507. The third-order valence-corrected chi connectivity index (χ3v) is 5.49. The zero-order valence-corrected chi connectivity index (χ0v) is 18.0. The molecule has 9 nitrogen and oxygen atoms in total. The summed E-state index contributed by atoms with van der Waals surface area (Å²) in [5, 5.41) is 2.80. The zero-order chi connectivity index (χ0) is 22.7.